The number of carboxylic acid groups (broad SMARTS) is 1. The van der Waals surface area contributed by atoms with Gasteiger partial charge >= 0.3 is 5.97 Å². The molecule has 0 radical (unpaired) electrons. The molecule has 7 nitrogen and oxygen atoms in total. The first-order valence-corrected chi connectivity index (χ1v) is 7.23. The van der Waals surface area contributed by atoms with Gasteiger partial charge in [-0.15, -0.1) is 0 Å². The molecule has 130 valence electrons. The number of H-pyrrole nitrogens is 1. The van der Waals surface area contributed by atoms with Gasteiger partial charge in [-0.3, -0.25) is 0 Å². The first kappa shape index (κ1) is 17.7. The van der Waals surface area contributed by atoms with E-state index in [4.69, 9.17) is 18.9 Å². The van der Waals surface area contributed by atoms with Crippen LogP contribution in [-0.4, -0.2) is 44.5 Å². The number of hydrogen-bond donors (Lipinski definition) is 2. The van der Waals surface area contributed by atoms with Crippen LogP contribution in [0.25, 0.3) is 11.1 Å². The Labute approximate surface area is 140 Å². The lowest BCUT2D eigenvalue weighted by atomic mass is 9.99. The quantitative estimate of drug-likeness (QED) is 0.808. The average Bonchev–Trinajstić information content (AvgIpc) is 2.90. The van der Waals surface area contributed by atoms with Gasteiger partial charge in [0, 0.05) is 29.5 Å². The molecule has 0 aliphatic rings. The third-order valence-electron chi connectivity index (χ3n) is 3.77. The molecule has 1 heterocycles. The van der Waals surface area contributed by atoms with Crippen molar-refractivity contribution in [2.24, 2.45) is 0 Å². The molecular weight excluding hydrogens is 314 g/mol. The van der Waals surface area contributed by atoms with E-state index < -0.39 is 5.97 Å². The van der Waals surface area contributed by atoms with Crippen LogP contribution < -0.4 is 14.2 Å². The number of aromatic amines is 1. The van der Waals surface area contributed by atoms with E-state index >= 15 is 0 Å². The maximum atomic E-state index is 11.5. The van der Waals surface area contributed by atoms with Gasteiger partial charge in [0.1, 0.15) is 5.69 Å². The Morgan fingerprint density at radius 2 is 1.75 bits per heavy atom. The van der Waals surface area contributed by atoms with Gasteiger partial charge in [0.05, 0.1) is 27.9 Å². The second kappa shape index (κ2) is 7.27. The number of rotatable bonds is 7. The molecule has 0 bridgehead atoms. The zero-order valence-electron chi connectivity index (χ0n) is 14.4. The van der Waals surface area contributed by atoms with Crippen LogP contribution in [0.4, 0.5) is 0 Å². The number of aromatic carboxylic acids is 1. The van der Waals surface area contributed by atoms with E-state index in [2.05, 4.69) is 4.98 Å². The summed E-state index contributed by atoms with van der Waals surface area (Å²) >= 11 is 0. The number of carbonyl (C=O) groups is 1. The highest BCUT2D eigenvalue weighted by atomic mass is 16.5. The Morgan fingerprint density at radius 1 is 1.08 bits per heavy atom. The highest BCUT2D eigenvalue weighted by molar-refractivity contribution is 5.93. The molecule has 0 aliphatic heterocycles. The highest BCUT2D eigenvalue weighted by Crippen LogP contribution is 2.46. The average molecular weight is 335 g/mol. The van der Waals surface area contributed by atoms with Crippen molar-refractivity contribution in [2.45, 2.75) is 13.5 Å². The Kier molecular flexibility index (Phi) is 5.35. The molecule has 0 aliphatic carbocycles. The van der Waals surface area contributed by atoms with Crippen LogP contribution in [0.2, 0.25) is 0 Å². The summed E-state index contributed by atoms with van der Waals surface area (Å²) in [5.41, 5.74) is 2.76. The van der Waals surface area contributed by atoms with E-state index in [-0.39, 0.29) is 12.3 Å². The fourth-order valence-corrected chi connectivity index (χ4v) is 2.81. The van der Waals surface area contributed by atoms with Crippen LogP contribution in [0.5, 0.6) is 17.2 Å². The van der Waals surface area contributed by atoms with Gasteiger partial charge in [0.25, 0.3) is 0 Å². The molecule has 0 atom stereocenters. The van der Waals surface area contributed by atoms with E-state index in [0.29, 0.717) is 39.6 Å². The maximum Gasteiger partial charge on any atom is 0.352 e. The normalized spacial score (nSPS) is 10.5. The van der Waals surface area contributed by atoms with Gasteiger partial charge in [-0.1, -0.05) is 0 Å². The molecule has 7 heteroatoms. The number of aryl methyl sites for hydroxylation is 1. The van der Waals surface area contributed by atoms with Crippen LogP contribution in [-0.2, 0) is 11.3 Å². The van der Waals surface area contributed by atoms with Gasteiger partial charge < -0.3 is 29.0 Å². The number of nitrogens with one attached hydrogen (secondary N) is 1. The zero-order chi connectivity index (χ0) is 17.9. The molecule has 24 heavy (non-hydrogen) atoms. The van der Waals surface area contributed by atoms with Crippen molar-refractivity contribution in [1.82, 2.24) is 4.98 Å². The Morgan fingerprint density at radius 3 is 2.25 bits per heavy atom. The second-order valence-corrected chi connectivity index (χ2v) is 5.10. The summed E-state index contributed by atoms with van der Waals surface area (Å²) in [6.45, 7) is 1.95. The predicted octanol–water partition coefficient (Wildman–Crippen LogP) is 2.86. The summed E-state index contributed by atoms with van der Waals surface area (Å²) in [5, 5.41) is 9.42. The third kappa shape index (κ3) is 2.90. The van der Waals surface area contributed by atoms with Crippen LogP contribution >= 0.6 is 0 Å². The molecule has 1 aromatic heterocycles. The van der Waals surface area contributed by atoms with Crippen LogP contribution in [0.1, 0.15) is 21.7 Å². The number of hydrogen-bond acceptors (Lipinski definition) is 5. The smallest absolute Gasteiger partial charge is 0.352 e. The maximum absolute atomic E-state index is 11.5. The lowest BCUT2D eigenvalue weighted by Crippen LogP contribution is -2.03. The van der Waals surface area contributed by atoms with Crippen molar-refractivity contribution in [1.29, 1.82) is 0 Å². The molecule has 2 N–H and O–H groups in total. The minimum Gasteiger partial charge on any atom is -0.493 e. The predicted molar refractivity (Wildman–Crippen MR) is 88.3 cm³/mol. The number of ether oxygens (including phenoxy) is 4. The van der Waals surface area contributed by atoms with Gasteiger partial charge in [-0.25, -0.2) is 4.79 Å². The van der Waals surface area contributed by atoms with Crippen molar-refractivity contribution < 1.29 is 28.8 Å². The summed E-state index contributed by atoms with van der Waals surface area (Å²) in [5.74, 6) is 0.389. The van der Waals surface area contributed by atoms with Crippen LogP contribution in [0.15, 0.2) is 12.1 Å². The number of aromatic nitrogens is 1. The molecule has 1 aromatic carbocycles. The van der Waals surface area contributed by atoms with Crippen molar-refractivity contribution >= 4 is 5.97 Å². The standard InChI is InChI=1S/C17H21NO6/c1-9-13(11(8-21-2)14(18-9)17(19)20)10-6-7-12(22-3)16(24-5)15(10)23-4/h6-7,18H,8H2,1-5H3,(H,19,20). The molecule has 0 fully saturated rings. The minimum absolute atomic E-state index is 0.0983. The van der Waals surface area contributed by atoms with E-state index in [9.17, 15) is 9.90 Å². The van der Waals surface area contributed by atoms with Gasteiger partial charge in [-0.2, -0.15) is 0 Å². The summed E-state index contributed by atoms with van der Waals surface area (Å²) < 4.78 is 21.4. The fourth-order valence-electron chi connectivity index (χ4n) is 2.81. The molecule has 0 saturated carbocycles. The van der Waals surface area contributed by atoms with Crippen molar-refractivity contribution in [3.63, 3.8) is 0 Å². The van der Waals surface area contributed by atoms with Crippen molar-refractivity contribution in [2.75, 3.05) is 28.4 Å². The molecule has 0 spiro atoms. The van der Waals surface area contributed by atoms with Gasteiger partial charge in [0.15, 0.2) is 11.5 Å². The summed E-state index contributed by atoms with van der Waals surface area (Å²) in [6.07, 6.45) is 0. The Balaban J connectivity index is 2.79. The largest absolute Gasteiger partial charge is 0.493 e. The van der Waals surface area contributed by atoms with Crippen LogP contribution in [0, 0.1) is 6.92 Å². The SMILES string of the molecule is COCc1c(C(=O)O)[nH]c(C)c1-c1ccc(OC)c(OC)c1OC. The van der Waals surface area contributed by atoms with Crippen LogP contribution in [0.3, 0.4) is 0 Å². The number of methoxy groups -OCH3 is 4. The molecular formula is C17H21NO6. The van der Waals surface area contributed by atoms with E-state index in [1.807, 2.05) is 0 Å². The number of benzene rings is 1. The van der Waals surface area contributed by atoms with E-state index in [1.165, 1.54) is 28.4 Å². The fraction of sp³-hybridized carbons (Fsp3) is 0.353. The van der Waals surface area contributed by atoms with Gasteiger partial charge in [-0.05, 0) is 19.1 Å². The van der Waals surface area contributed by atoms with Crippen molar-refractivity contribution in [3.05, 3.63) is 29.1 Å². The topological polar surface area (TPSA) is 90.0 Å². The molecule has 0 unspecified atom stereocenters. The minimum atomic E-state index is -1.05. The first-order chi connectivity index (χ1) is 11.5. The second-order valence-electron chi connectivity index (χ2n) is 5.10. The molecule has 2 rings (SSSR count). The number of carboxylic acids is 1. The summed E-state index contributed by atoms with van der Waals surface area (Å²) in [4.78, 5) is 14.4. The third-order valence-corrected chi connectivity index (χ3v) is 3.77. The lowest BCUT2D eigenvalue weighted by molar-refractivity contribution is 0.0686. The Hall–Kier alpha value is -2.67. The van der Waals surface area contributed by atoms with Gasteiger partial charge in [0.2, 0.25) is 5.75 Å². The zero-order valence-corrected chi connectivity index (χ0v) is 14.4. The Bertz CT molecular complexity index is 750. The highest BCUT2D eigenvalue weighted by Gasteiger charge is 2.25. The molecule has 2 aromatic rings. The lowest BCUT2D eigenvalue weighted by Gasteiger charge is -2.17. The van der Waals surface area contributed by atoms with E-state index in [1.54, 1.807) is 19.1 Å². The summed E-state index contributed by atoms with van der Waals surface area (Å²) in [7, 11) is 6.10. The monoisotopic (exact) mass is 335 g/mol. The summed E-state index contributed by atoms with van der Waals surface area (Å²) in [6, 6.07) is 3.56. The first-order valence-electron chi connectivity index (χ1n) is 7.23. The molecule has 0 amide bonds. The van der Waals surface area contributed by atoms with Crippen molar-refractivity contribution in [3.8, 4) is 28.4 Å². The molecule has 0 saturated heterocycles. The van der Waals surface area contributed by atoms with E-state index in [0.717, 1.165) is 0 Å².